The van der Waals surface area contributed by atoms with E-state index in [2.05, 4.69) is 15.4 Å². The van der Waals surface area contributed by atoms with Crippen molar-refractivity contribution in [1.29, 1.82) is 0 Å². The normalized spacial score (nSPS) is 10.7. The molecule has 27 heavy (non-hydrogen) atoms. The van der Waals surface area contributed by atoms with E-state index in [0.29, 0.717) is 28.2 Å². The quantitative estimate of drug-likeness (QED) is 0.692. The lowest BCUT2D eigenvalue weighted by Crippen LogP contribution is -2.16. The third-order valence-corrected chi connectivity index (χ3v) is 4.44. The molecular weight excluding hydrogens is 344 g/mol. The lowest BCUT2D eigenvalue weighted by molar-refractivity contribution is 0.0599. The van der Waals surface area contributed by atoms with E-state index < -0.39 is 5.97 Å². The number of para-hydroxylation sites is 2. The van der Waals surface area contributed by atoms with Crippen molar-refractivity contribution in [3.8, 4) is 5.69 Å². The maximum Gasteiger partial charge on any atom is 0.339 e. The summed E-state index contributed by atoms with van der Waals surface area (Å²) >= 11 is 0. The van der Waals surface area contributed by atoms with Crippen molar-refractivity contribution in [2.45, 2.75) is 27.7 Å². The number of nitrogens with one attached hydrogen (secondary N) is 2. The Morgan fingerprint density at radius 3 is 2.48 bits per heavy atom. The Hall–Kier alpha value is -3.35. The molecule has 3 aromatic rings. The van der Waals surface area contributed by atoms with Gasteiger partial charge < -0.3 is 15.0 Å². The average Bonchev–Trinajstić information content (AvgIpc) is 3.12. The lowest BCUT2D eigenvalue weighted by atomic mass is 10.1. The van der Waals surface area contributed by atoms with Crippen LogP contribution in [0, 0.1) is 27.7 Å². The minimum absolute atomic E-state index is 0.330. The number of carbonyl (C=O) groups is 2. The zero-order chi connectivity index (χ0) is 19.7. The highest BCUT2D eigenvalue weighted by Crippen LogP contribution is 2.24. The van der Waals surface area contributed by atoms with Gasteiger partial charge in [0, 0.05) is 11.4 Å². The number of esters is 1. The summed E-state index contributed by atoms with van der Waals surface area (Å²) in [5, 5.41) is 7.40. The number of aromatic nitrogens is 3. The SMILES string of the molecule is COC(=O)c1c(C)[nH]c(C(=O)Nc2ccccc2-n2nc(C)cc2C)c1C. The van der Waals surface area contributed by atoms with E-state index in [0.717, 1.165) is 17.1 Å². The first-order chi connectivity index (χ1) is 12.8. The zero-order valence-electron chi connectivity index (χ0n) is 16.0. The molecule has 3 rings (SSSR count). The molecule has 7 heteroatoms. The highest BCUT2D eigenvalue weighted by atomic mass is 16.5. The van der Waals surface area contributed by atoms with Gasteiger partial charge in [0.15, 0.2) is 0 Å². The summed E-state index contributed by atoms with van der Waals surface area (Å²) in [6.07, 6.45) is 0. The molecule has 0 aliphatic heterocycles. The zero-order valence-corrected chi connectivity index (χ0v) is 16.0. The summed E-state index contributed by atoms with van der Waals surface area (Å²) in [5.74, 6) is -0.803. The molecule has 0 unspecified atom stereocenters. The third-order valence-electron chi connectivity index (χ3n) is 4.44. The molecule has 0 aliphatic carbocycles. The van der Waals surface area contributed by atoms with E-state index in [4.69, 9.17) is 4.74 Å². The topological polar surface area (TPSA) is 89.0 Å². The van der Waals surface area contributed by atoms with Crippen LogP contribution in [0.15, 0.2) is 30.3 Å². The Labute approximate surface area is 157 Å². The van der Waals surface area contributed by atoms with E-state index >= 15 is 0 Å². The first-order valence-corrected chi connectivity index (χ1v) is 8.55. The van der Waals surface area contributed by atoms with Crippen LogP contribution in [0.1, 0.15) is 43.5 Å². The third kappa shape index (κ3) is 3.36. The van der Waals surface area contributed by atoms with Crippen molar-refractivity contribution >= 4 is 17.6 Å². The number of hydrogen-bond donors (Lipinski definition) is 2. The van der Waals surface area contributed by atoms with Crippen molar-refractivity contribution in [2.75, 3.05) is 12.4 Å². The van der Waals surface area contributed by atoms with E-state index in [1.807, 2.05) is 44.2 Å². The first-order valence-electron chi connectivity index (χ1n) is 8.55. The van der Waals surface area contributed by atoms with Crippen LogP contribution in [-0.4, -0.2) is 33.8 Å². The minimum Gasteiger partial charge on any atom is -0.465 e. The number of ether oxygens (including phenoxy) is 1. The van der Waals surface area contributed by atoms with E-state index in [-0.39, 0.29) is 5.91 Å². The fourth-order valence-electron chi connectivity index (χ4n) is 3.21. The second-order valence-electron chi connectivity index (χ2n) is 6.43. The summed E-state index contributed by atoms with van der Waals surface area (Å²) in [4.78, 5) is 27.8. The molecule has 7 nitrogen and oxygen atoms in total. The maximum atomic E-state index is 12.9. The van der Waals surface area contributed by atoms with Gasteiger partial charge in [0.1, 0.15) is 5.69 Å². The number of benzene rings is 1. The molecule has 0 radical (unpaired) electrons. The predicted octanol–water partition coefficient (Wildman–Crippen LogP) is 3.47. The molecule has 0 saturated heterocycles. The Morgan fingerprint density at radius 2 is 1.85 bits per heavy atom. The van der Waals surface area contributed by atoms with Crippen LogP contribution < -0.4 is 5.32 Å². The number of carbonyl (C=O) groups excluding carboxylic acids is 2. The van der Waals surface area contributed by atoms with Crippen LogP contribution in [0.5, 0.6) is 0 Å². The van der Waals surface area contributed by atoms with Gasteiger partial charge in [-0.3, -0.25) is 4.79 Å². The maximum absolute atomic E-state index is 12.9. The molecule has 140 valence electrons. The number of aryl methyl sites for hydroxylation is 3. The summed E-state index contributed by atoms with van der Waals surface area (Å²) < 4.78 is 6.59. The van der Waals surface area contributed by atoms with Crippen molar-refractivity contribution in [2.24, 2.45) is 0 Å². The van der Waals surface area contributed by atoms with Crippen LogP contribution in [0.4, 0.5) is 5.69 Å². The van der Waals surface area contributed by atoms with Crippen molar-refractivity contribution in [3.63, 3.8) is 0 Å². The Morgan fingerprint density at radius 1 is 1.15 bits per heavy atom. The molecule has 0 saturated carbocycles. The van der Waals surface area contributed by atoms with Gasteiger partial charge in [0.2, 0.25) is 0 Å². The predicted molar refractivity (Wildman–Crippen MR) is 103 cm³/mol. The number of hydrogen-bond acceptors (Lipinski definition) is 4. The molecule has 0 spiro atoms. The molecule has 0 bridgehead atoms. The lowest BCUT2D eigenvalue weighted by Gasteiger charge is -2.12. The van der Waals surface area contributed by atoms with Gasteiger partial charge in [-0.2, -0.15) is 5.10 Å². The van der Waals surface area contributed by atoms with Gasteiger partial charge in [0.05, 0.1) is 29.7 Å². The number of amides is 1. The summed E-state index contributed by atoms with van der Waals surface area (Å²) in [6, 6.07) is 9.41. The molecule has 1 aromatic carbocycles. The summed E-state index contributed by atoms with van der Waals surface area (Å²) in [7, 11) is 1.32. The van der Waals surface area contributed by atoms with Gasteiger partial charge in [-0.1, -0.05) is 12.1 Å². The van der Waals surface area contributed by atoms with Gasteiger partial charge in [-0.05, 0) is 51.5 Å². The average molecular weight is 366 g/mol. The van der Waals surface area contributed by atoms with Gasteiger partial charge in [0.25, 0.3) is 5.91 Å². The van der Waals surface area contributed by atoms with E-state index in [1.54, 1.807) is 18.5 Å². The standard InChI is InChI=1S/C20H22N4O3/c1-11-10-12(2)24(23-11)16-9-7-6-8-15(16)22-19(25)18-13(3)17(14(4)21-18)20(26)27-5/h6-10,21H,1-5H3,(H,22,25). The summed E-state index contributed by atoms with van der Waals surface area (Å²) in [6.45, 7) is 7.33. The van der Waals surface area contributed by atoms with Crippen LogP contribution in [-0.2, 0) is 4.74 Å². The molecule has 0 atom stereocenters. The van der Waals surface area contributed by atoms with Gasteiger partial charge >= 0.3 is 5.97 Å². The van der Waals surface area contributed by atoms with E-state index in [1.165, 1.54) is 7.11 Å². The minimum atomic E-state index is -0.469. The molecule has 2 aromatic heterocycles. The highest BCUT2D eigenvalue weighted by molar-refractivity contribution is 6.07. The number of H-pyrrole nitrogens is 1. The number of anilines is 1. The smallest absolute Gasteiger partial charge is 0.339 e. The van der Waals surface area contributed by atoms with Gasteiger partial charge in [-0.25, -0.2) is 9.48 Å². The monoisotopic (exact) mass is 366 g/mol. The number of methoxy groups -OCH3 is 1. The molecule has 2 N–H and O–H groups in total. The molecule has 1 amide bonds. The van der Waals surface area contributed by atoms with Gasteiger partial charge in [-0.15, -0.1) is 0 Å². The fraction of sp³-hybridized carbons (Fsp3) is 0.250. The number of aromatic amines is 1. The Balaban J connectivity index is 1.97. The Bertz CT molecular complexity index is 1030. The van der Waals surface area contributed by atoms with Crippen molar-refractivity contribution in [1.82, 2.24) is 14.8 Å². The fourth-order valence-corrected chi connectivity index (χ4v) is 3.21. The second-order valence-corrected chi connectivity index (χ2v) is 6.43. The molecule has 2 heterocycles. The molecule has 0 fully saturated rings. The van der Waals surface area contributed by atoms with Crippen LogP contribution in [0.2, 0.25) is 0 Å². The van der Waals surface area contributed by atoms with Crippen LogP contribution in [0.25, 0.3) is 5.69 Å². The van der Waals surface area contributed by atoms with E-state index in [9.17, 15) is 9.59 Å². The number of nitrogens with zero attached hydrogens (tertiary/aromatic N) is 2. The summed E-state index contributed by atoms with van der Waals surface area (Å²) in [5.41, 5.74) is 5.12. The first kappa shape index (κ1) is 18.4. The Kier molecular flexibility index (Phi) is 4.85. The van der Waals surface area contributed by atoms with Crippen molar-refractivity contribution in [3.05, 3.63) is 64.2 Å². The largest absolute Gasteiger partial charge is 0.465 e. The molecular formula is C20H22N4O3. The van der Waals surface area contributed by atoms with Crippen LogP contribution in [0.3, 0.4) is 0 Å². The second kappa shape index (κ2) is 7.11. The van der Waals surface area contributed by atoms with Crippen molar-refractivity contribution < 1.29 is 14.3 Å². The van der Waals surface area contributed by atoms with Crippen LogP contribution >= 0.6 is 0 Å². The highest BCUT2D eigenvalue weighted by Gasteiger charge is 2.23. The molecule has 0 aliphatic rings. The number of rotatable bonds is 4.